The average Bonchev–Trinajstić information content (AvgIpc) is 2.87. The van der Waals surface area contributed by atoms with E-state index in [2.05, 4.69) is 18.9 Å². The van der Waals surface area contributed by atoms with Gasteiger partial charge in [0.05, 0.1) is 10.6 Å². The predicted molar refractivity (Wildman–Crippen MR) is 105 cm³/mol. The van der Waals surface area contributed by atoms with Gasteiger partial charge in [0, 0.05) is 31.9 Å². The summed E-state index contributed by atoms with van der Waals surface area (Å²) in [5.41, 5.74) is 2.93. The van der Waals surface area contributed by atoms with Crippen LogP contribution < -0.4 is 0 Å². The van der Waals surface area contributed by atoms with Crippen LogP contribution in [-0.2, 0) is 23.6 Å². The van der Waals surface area contributed by atoms with E-state index < -0.39 is 10.0 Å². The molecular weight excluding hydrogens is 346 g/mol. The zero-order valence-corrected chi connectivity index (χ0v) is 16.7. The van der Waals surface area contributed by atoms with Crippen molar-refractivity contribution in [3.8, 4) is 0 Å². The Kier molecular flexibility index (Phi) is 4.90. The molecule has 5 nitrogen and oxygen atoms in total. The molecule has 2 aromatic carbocycles. The van der Waals surface area contributed by atoms with Gasteiger partial charge in [0.25, 0.3) is 0 Å². The molecule has 0 bridgehead atoms. The van der Waals surface area contributed by atoms with Gasteiger partial charge in [-0.2, -0.15) is 9.40 Å². The Morgan fingerprint density at radius 3 is 2.42 bits per heavy atom. The first-order chi connectivity index (χ1) is 12.2. The lowest BCUT2D eigenvalue weighted by atomic mass is 10.0. The second-order valence-electron chi connectivity index (χ2n) is 7.00. The number of aryl methyl sites for hydroxylation is 2. The Morgan fingerprint density at radius 2 is 1.77 bits per heavy atom. The Hall–Kier alpha value is -2.18. The Balaban J connectivity index is 1.97. The molecule has 3 rings (SSSR count). The van der Waals surface area contributed by atoms with E-state index in [1.165, 1.54) is 4.31 Å². The summed E-state index contributed by atoms with van der Waals surface area (Å²) in [4.78, 5) is 0.311. The monoisotopic (exact) mass is 371 g/mol. The molecule has 0 saturated carbocycles. The van der Waals surface area contributed by atoms with Crippen LogP contribution in [0.15, 0.2) is 47.4 Å². The van der Waals surface area contributed by atoms with Crippen molar-refractivity contribution in [3.63, 3.8) is 0 Å². The fourth-order valence-electron chi connectivity index (χ4n) is 3.45. The minimum Gasteiger partial charge on any atom is -0.272 e. The number of hydrogen-bond donors (Lipinski definition) is 0. The van der Waals surface area contributed by atoms with Gasteiger partial charge in [-0.05, 0) is 35.7 Å². The van der Waals surface area contributed by atoms with Crippen LogP contribution in [-0.4, -0.2) is 29.6 Å². The maximum Gasteiger partial charge on any atom is 0.243 e. The Labute approximate surface area is 155 Å². The second kappa shape index (κ2) is 6.85. The molecule has 6 heteroatoms. The molecule has 0 atom stereocenters. The molecule has 0 fully saturated rings. The molecule has 0 radical (unpaired) electrons. The van der Waals surface area contributed by atoms with E-state index in [1.54, 1.807) is 19.2 Å². The van der Waals surface area contributed by atoms with Crippen LogP contribution in [0.25, 0.3) is 10.8 Å². The summed E-state index contributed by atoms with van der Waals surface area (Å²) in [5.74, 6) is 0.271. The van der Waals surface area contributed by atoms with Crippen LogP contribution in [0.1, 0.15) is 36.7 Å². The molecule has 0 aliphatic rings. The lowest BCUT2D eigenvalue weighted by molar-refractivity contribution is 0.463. The van der Waals surface area contributed by atoms with E-state index in [9.17, 15) is 8.42 Å². The number of nitrogens with zero attached hydrogens (tertiary/aromatic N) is 3. The summed E-state index contributed by atoms with van der Waals surface area (Å²) in [7, 11) is -0.0498. The van der Waals surface area contributed by atoms with E-state index >= 15 is 0 Å². The summed E-state index contributed by atoms with van der Waals surface area (Å²) in [6, 6.07) is 13.0. The molecule has 138 valence electrons. The van der Waals surface area contributed by atoms with E-state index in [0.29, 0.717) is 11.4 Å². The van der Waals surface area contributed by atoms with Gasteiger partial charge in [0.1, 0.15) is 0 Å². The van der Waals surface area contributed by atoms with Gasteiger partial charge >= 0.3 is 0 Å². The lowest BCUT2D eigenvalue weighted by Crippen LogP contribution is -2.27. The van der Waals surface area contributed by atoms with Crippen LogP contribution in [0.3, 0.4) is 0 Å². The predicted octanol–water partition coefficient (Wildman–Crippen LogP) is 3.83. The highest BCUT2D eigenvalue weighted by Gasteiger charge is 2.25. The smallest absolute Gasteiger partial charge is 0.243 e. The first-order valence-electron chi connectivity index (χ1n) is 8.69. The van der Waals surface area contributed by atoms with Crippen LogP contribution in [0.5, 0.6) is 0 Å². The van der Waals surface area contributed by atoms with Crippen LogP contribution in [0.4, 0.5) is 0 Å². The summed E-state index contributed by atoms with van der Waals surface area (Å²) in [6.07, 6.45) is 0. The number of benzene rings is 2. The van der Waals surface area contributed by atoms with Crippen LogP contribution >= 0.6 is 0 Å². The molecule has 0 amide bonds. The van der Waals surface area contributed by atoms with Gasteiger partial charge < -0.3 is 0 Å². The standard InChI is InChI=1S/C20H25N3O2S/c1-14(2)20-19(15(3)21-23(20)5)13-22(4)26(24,25)18-11-10-16-8-6-7-9-17(16)12-18/h6-12,14H,13H2,1-5H3. The first-order valence-corrected chi connectivity index (χ1v) is 10.1. The van der Waals surface area contributed by atoms with Crippen molar-refractivity contribution in [1.29, 1.82) is 0 Å². The third kappa shape index (κ3) is 3.27. The van der Waals surface area contributed by atoms with E-state index in [-0.39, 0.29) is 5.92 Å². The number of rotatable bonds is 5. The third-order valence-corrected chi connectivity index (χ3v) is 6.55. The van der Waals surface area contributed by atoms with Gasteiger partial charge in [-0.3, -0.25) is 4.68 Å². The zero-order chi connectivity index (χ0) is 19.1. The maximum absolute atomic E-state index is 13.1. The molecule has 1 aromatic heterocycles. The van der Waals surface area contributed by atoms with Gasteiger partial charge in [-0.15, -0.1) is 0 Å². The van der Waals surface area contributed by atoms with Crippen molar-refractivity contribution in [1.82, 2.24) is 14.1 Å². The molecule has 0 unspecified atom stereocenters. The molecule has 1 heterocycles. The van der Waals surface area contributed by atoms with Crippen molar-refractivity contribution in [2.24, 2.45) is 7.05 Å². The SMILES string of the molecule is Cc1nn(C)c(C(C)C)c1CN(C)S(=O)(=O)c1ccc2ccccc2c1. The number of sulfonamides is 1. The van der Waals surface area contributed by atoms with E-state index in [1.807, 2.05) is 49.0 Å². The van der Waals surface area contributed by atoms with Crippen molar-refractivity contribution >= 4 is 20.8 Å². The van der Waals surface area contributed by atoms with Crippen molar-refractivity contribution < 1.29 is 8.42 Å². The molecule has 0 N–H and O–H groups in total. The van der Waals surface area contributed by atoms with E-state index in [0.717, 1.165) is 27.7 Å². The Morgan fingerprint density at radius 1 is 1.12 bits per heavy atom. The van der Waals surface area contributed by atoms with Crippen LogP contribution in [0, 0.1) is 6.92 Å². The highest BCUT2D eigenvalue weighted by molar-refractivity contribution is 7.89. The number of aromatic nitrogens is 2. The fraction of sp³-hybridized carbons (Fsp3) is 0.350. The zero-order valence-electron chi connectivity index (χ0n) is 15.9. The minimum absolute atomic E-state index is 0.271. The molecule has 0 aliphatic carbocycles. The molecular formula is C20H25N3O2S. The number of fused-ring (bicyclic) bond motifs is 1. The summed E-state index contributed by atoms with van der Waals surface area (Å²) in [6.45, 7) is 6.43. The fourth-order valence-corrected chi connectivity index (χ4v) is 4.63. The van der Waals surface area contributed by atoms with E-state index in [4.69, 9.17) is 0 Å². The van der Waals surface area contributed by atoms with Gasteiger partial charge in [-0.25, -0.2) is 8.42 Å². The average molecular weight is 372 g/mol. The topological polar surface area (TPSA) is 55.2 Å². The lowest BCUT2D eigenvalue weighted by Gasteiger charge is -2.19. The van der Waals surface area contributed by atoms with Crippen molar-refractivity contribution in [2.75, 3.05) is 7.05 Å². The summed E-state index contributed by atoms with van der Waals surface area (Å²) < 4.78 is 29.4. The summed E-state index contributed by atoms with van der Waals surface area (Å²) in [5, 5.41) is 6.42. The van der Waals surface area contributed by atoms with Crippen molar-refractivity contribution in [2.45, 2.75) is 38.1 Å². The van der Waals surface area contributed by atoms with Gasteiger partial charge in [-0.1, -0.05) is 44.2 Å². The number of hydrogen-bond acceptors (Lipinski definition) is 3. The quantitative estimate of drug-likeness (QED) is 0.685. The highest BCUT2D eigenvalue weighted by atomic mass is 32.2. The largest absolute Gasteiger partial charge is 0.272 e. The molecule has 0 saturated heterocycles. The summed E-state index contributed by atoms with van der Waals surface area (Å²) >= 11 is 0. The van der Waals surface area contributed by atoms with Gasteiger partial charge in [0.2, 0.25) is 10.0 Å². The van der Waals surface area contributed by atoms with Gasteiger partial charge in [0.15, 0.2) is 0 Å². The molecule has 0 spiro atoms. The second-order valence-corrected chi connectivity index (χ2v) is 9.04. The first kappa shape index (κ1) is 18.6. The maximum atomic E-state index is 13.1. The molecule has 26 heavy (non-hydrogen) atoms. The third-order valence-electron chi connectivity index (χ3n) is 4.75. The Bertz CT molecular complexity index is 1050. The molecule has 3 aromatic rings. The normalized spacial score (nSPS) is 12.4. The minimum atomic E-state index is -3.58. The van der Waals surface area contributed by atoms with Crippen LogP contribution in [0.2, 0.25) is 0 Å². The van der Waals surface area contributed by atoms with Crippen molar-refractivity contribution in [3.05, 3.63) is 59.4 Å². The highest BCUT2D eigenvalue weighted by Crippen LogP contribution is 2.26. The molecule has 0 aliphatic heterocycles.